The maximum Gasteiger partial charge on any atom is 0.306 e. The maximum absolute atomic E-state index is 12.6. The fraction of sp³-hybridized carbons (Fsp3) is 0.333. The predicted octanol–water partition coefficient (Wildman–Crippen LogP) is 4.31. The molecule has 0 amide bonds. The highest BCUT2D eigenvalue weighted by Crippen LogP contribution is 2.18. The van der Waals surface area contributed by atoms with Crippen LogP contribution >= 0.6 is 0 Å². The molecule has 0 aliphatic carbocycles. The van der Waals surface area contributed by atoms with Gasteiger partial charge in [0.15, 0.2) is 6.61 Å². The van der Waals surface area contributed by atoms with Gasteiger partial charge in [0.2, 0.25) is 5.78 Å². The molecule has 0 radical (unpaired) electrons. The summed E-state index contributed by atoms with van der Waals surface area (Å²) in [6, 6.07) is 13.4. The Bertz CT molecular complexity index is 984. The van der Waals surface area contributed by atoms with Crippen LogP contribution in [-0.2, 0) is 28.9 Å². The molecule has 30 heavy (non-hydrogen) atoms. The largest absolute Gasteiger partial charge is 0.497 e. The SMILES string of the molecule is COc1ccc(CCn2c(C)cc(C(=O)COC(=O)CCc3ccco3)c2C)cc1. The highest BCUT2D eigenvalue weighted by Gasteiger charge is 2.17. The lowest BCUT2D eigenvalue weighted by Crippen LogP contribution is -2.15. The van der Waals surface area contributed by atoms with Gasteiger partial charge in [0, 0.05) is 29.9 Å². The molecule has 3 aromatic rings. The third kappa shape index (κ3) is 5.41. The number of ether oxygens (including phenoxy) is 2. The average Bonchev–Trinajstić information content (AvgIpc) is 3.37. The molecule has 0 N–H and O–H groups in total. The lowest BCUT2D eigenvalue weighted by Gasteiger charge is -2.10. The standard InChI is InChI=1S/C24H27NO5/c1-17-15-22(23(26)16-30-24(27)11-10-21-5-4-14-29-21)18(2)25(17)13-12-19-6-8-20(28-3)9-7-19/h4-9,14-15H,10-13,16H2,1-3H3. The van der Waals surface area contributed by atoms with E-state index in [-0.39, 0.29) is 18.8 Å². The number of carbonyl (C=O) groups is 2. The Labute approximate surface area is 176 Å². The number of aromatic nitrogens is 1. The third-order valence-electron chi connectivity index (χ3n) is 5.18. The van der Waals surface area contributed by atoms with Gasteiger partial charge in [-0.05, 0) is 56.2 Å². The fourth-order valence-electron chi connectivity index (χ4n) is 3.44. The van der Waals surface area contributed by atoms with E-state index in [0.717, 1.165) is 35.9 Å². The first-order valence-electron chi connectivity index (χ1n) is 9.98. The second-order valence-electron chi connectivity index (χ2n) is 7.20. The number of ketones is 1. The number of benzene rings is 1. The molecule has 2 heterocycles. The zero-order valence-electron chi connectivity index (χ0n) is 17.6. The van der Waals surface area contributed by atoms with Crippen molar-refractivity contribution in [2.24, 2.45) is 0 Å². The topological polar surface area (TPSA) is 70.7 Å². The Hall–Kier alpha value is -3.28. The Balaban J connectivity index is 1.54. The summed E-state index contributed by atoms with van der Waals surface area (Å²) in [6.07, 6.45) is 3.05. The van der Waals surface area contributed by atoms with Crippen LogP contribution in [0.2, 0.25) is 0 Å². The van der Waals surface area contributed by atoms with Crippen molar-refractivity contribution in [3.8, 4) is 5.75 Å². The zero-order chi connectivity index (χ0) is 21.5. The summed E-state index contributed by atoms with van der Waals surface area (Å²) >= 11 is 0. The van der Waals surface area contributed by atoms with Crippen molar-refractivity contribution in [1.29, 1.82) is 0 Å². The molecule has 0 unspecified atom stereocenters. The molecule has 6 heteroatoms. The average molecular weight is 409 g/mol. The van der Waals surface area contributed by atoms with E-state index in [2.05, 4.69) is 4.57 Å². The van der Waals surface area contributed by atoms with E-state index in [0.29, 0.717) is 12.0 Å². The molecule has 3 rings (SSSR count). The number of Topliss-reactive ketones (excluding diaryl/α,β-unsaturated/α-hetero) is 1. The summed E-state index contributed by atoms with van der Waals surface area (Å²) < 4.78 is 17.7. The first-order chi connectivity index (χ1) is 14.5. The minimum absolute atomic E-state index is 0.182. The normalized spacial score (nSPS) is 10.8. The van der Waals surface area contributed by atoms with Gasteiger partial charge in [0.1, 0.15) is 11.5 Å². The third-order valence-corrected chi connectivity index (χ3v) is 5.18. The van der Waals surface area contributed by atoms with Gasteiger partial charge in [-0.25, -0.2) is 0 Å². The van der Waals surface area contributed by atoms with Crippen LogP contribution in [0.15, 0.2) is 53.1 Å². The number of hydrogen-bond donors (Lipinski definition) is 0. The van der Waals surface area contributed by atoms with Gasteiger partial charge in [-0.1, -0.05) is 12.1 Å². The second-order valence-corrected chi connectivity index (χ2v) is 7.20. The Morgan fingerprint density at radius 2 is 1.83 bits per heavy atom. The molecule has 0 atom stereocenters. The molecular weight excluding hydrogens is 382 g/mol. The molecule has 1 aromatic carbocycles. The number of furan rings is 1. The summed E-state index contributed by atoms with van der Waals surface area (Å²) in [5.74, 6) is 0.954. The Morgan fingerprint density at radius 1 is 1.07 bits per heavy atom. The minimum atomic E-state index is -0.409. The van der Waals surface area contributed by atoms with E-state index in [4.69, 9.17) is 13.9 Å². The molecule has 0 spiro atoms. The highest BCUT2D eigenvalue weighted by molar-refractivity contribution is 5.99. The van der Waals surface area contributed by atoms with Crippen LogP contribution in [0, 0.1) is 13.8 Å². The van der Waals surface area contributed by atoms with E-state index >= 15 is 0 Å². The molecule has 0 fully saturated rings. The second kappa shape index (κ2) is 9.96. The van der Waals surface area contributed by atoms with Crippen LogP contribution in [0.5, 0.6) is 5.75 Å². The van der Waals surface area contributed by atoms with Crippen molar-refractivity contribution in [1.82, 2.24) is 4.57 Å². The molecular formula is C24H27NO5. The maximum atomic E-state index is 12.6. The summed E-state index contributed by atoms with van der Waals surface area (Å²) in [5, 5.41) is 0. The van der Waals surface area contributed by atoms with Gasteiger partial charge >= 0.3 is 5.97 Å². The first kappa shape index (κ1) is 21.4. The van der Waals surface area contributed by atoms with Crippen LogP contribution in [0.4, 0.5) is 0 Å². The number of hydrogen-bond acceptors (Lipinski definition) is 5. The zero-order valence-corrected chi connectivity index (χ0v) is 17.6. The highest BCUT2D eigenvalue weighted by atomic mass is 16.5. The summed E-state index contributed by atoms with van der Waals surface area (Å²) in [6.45, 7) is 4.42. The van der Waals surface area contributed by atoms with Crippen LogP contribution in [0.1, 0.15) is 39.5 Å². The molecule has 158 valence electrons. The summed E-state index contributed by atoms with van der Waals surface area (Å²) in [5.41, 5.74) is 3.69. The monoisotopic (exact) mass is 409 g/mol. The molecule has 6 nitrogen and oxygen atoms in total. The van der Waals surface area contributed by atoms with Crippen molar-refractivity contribution < 1.29 is 23.5 Å². The number of esters is 1. The van der Waals surface area contributed by atoms with E-state index in [9.17, 15) is 9.59 Å². The molecule has 0 saturated carbocycles. The number of methoxy groups -OCH3 is 1. The van der Waals surface area contributed by atoms with Crippen LogP contribution in [-0.4, -0.2) is 30.0 Å². The van der Waals surface area contributed by atoms with Crippen LogP contribution in [0.3, 0.4) is 0 Å². The Morgan fingerprint density at radius 3 is 2.50 bits per heavy atom. The molecule has 0 aliphatic rings. The van der Waals surface area contributed by atoms with Crippen molar-refractivity contribution in [2.45, 2.75) is 39.7 Å². The van der Waals surface area contributed by atoms with E-state index < -0.39 is 5.97 Å². The first-order valence-corrected chi connectivity index (χ1v) is 9.98. The van der Waals surface area contributed by atoms with Gasteiger partial charge in [-0.15, -0.1) is 0 Å². The van der Waals surface area contributed by atoms with Crippen molar-refractivity contribution in [3.63, 3.8) is 0 Å². The van der Waals surface area contributed by atoms with Crippen molar-refractivity contribution in [2.75, 3.05) is 13.7 Å². The van der Waals surface area contributed by atoms with E-state index in [1.165, 1.54) is 5.56 Å². The molecule has 0 aliphatic heterocycles. The summed E-state index contributed by atoms with van der Waals surface area (Å²) in [7, 11) is 1.65. The van der Waals surface area contributed by atoms with E-state index in [1.807, 2.05) is 44.2 Å². The minimum Gasteiger partial charge on any atom is -0.497 e. The van der Waals surface area contributed by atoms with Gasteiger partial charge in [0.05, 0.1) is 19.8 Å². The van der Waals surface area contributed by atoms with Gasteiger partial charge in [0.25, 0.3) is 0 Å². The van der Waals surface area contributed by atoms with Gasteiger partial charge in [-0.3, -0.25) is 9.59 Å². The number of aryl methyl sites for hydroxylation is 3. The lowest BCUT2D eigenvalue weighted by atomic mass is 10.1. The summed E-state index contributed by atoms with van der Waals surface area (Å²) in [4.78, 5) is 24.5. The van der Waals surface area contributed by atoms with Crippen molar-refractivity contribution >= 4 is 11.8 Å². The smallest absolute Gasteiger partial charge is 0.306 e. The quantitative estimate of drug-likeness (QED) is 0.369. The van der Waals surface area contributed by atoms with Gasteiger partial charge < -0.3 is 18.5 Å². The molecule has 2 aromatic heterocycles. The predicted molar refractivity (Wildman–Crippen MR) is 113 cm³/mol. The number of nitrogens with zero attached hydrogens (tertiary/aromatic N) is 1. The number of rotatable bonds is 10. The van der Waals surface area contributed by atoms with Crippen molar-refractivity contribution in [3.05, 3.63) is 77.0 Å². The van der Waals surface area contributed by atoms with Gasteiger partial charge in [-0.2, -0.15) is 0 Å². The van der Waals surface area contributed by atoms with Crippen LogP contribution in [0.25, 0.3) is 0 Å². The van der Waals surface area contributed by atoms with Crippen LogP contribution < -0.4 is 4.74 Å². The molecule has 0 bridgehead atoms. The lowest BCUT2D eigenvalue weighted by molar-refractivity contribution is -0.142. The fourth-order valence-corrected chi connectivity index (χ4v) is 3.44. The Kier molecular flexibility index (Phi) is 7.12. The number of carbonyl (C=O) groups excluding carboxylic acids is 2. The van der Waals surface area contributed by atoms with E-state index in [1.54, 1.807) is 25.5 Å². The molecule has 0 saturated heterocycles.